The van der Waals surface area contributed by atoms with Gasteiger partial charge < -0.3 is 20.0 Å². The van der Waals surface area contributed by atoms with Gasteiger partial charge in [-0.25, -0.2) is 0 Å². The van der Waals surface area contributed by atoms with Crippen molar-refractivity contribution in [3.05, 3.63) is 34.9 Å². The lowest BCUT2D eigenvalue weighted by Crippen LogP contribution is -2.44. The Balaban J connectivity index is 0.000000267. The molecule has 2 heterocycles. The van der Waals surface area contributed by atoms with Gasteiger partial charge in [-0.05, 0) is 61.6 Å². The highest BCUT2D eigenvalue weighted by molar-refractivity contribution is 6.30. The van der Waals surface area contributed by atoms with E-state index in [4.69, 9.17) is 11.6 Å². The smallest absolute Gasteiger partial charge is 0.228 e. The van der Waals surface area contributed by atoms with Crippen molar-refractivity contribution in [3.8, 4) is 0 Å². The molecule has 0 bridgehead atoms. The number of carbonyl (C=O) groups excluding carboxylic acids is 4. The van der Waals surface area contributed by atoms with Gasteiger partial charge in [0.25, 0.3) is 0 Å². The summed E-state index contributed by atoms with van der Waals surface area (Å²) in [7, 11) is 3.38. The maximum Gasteiger partial charge on any atom is 0.228 e. The zero-order valence-electron chi connectivity index (χ0n) is 27.0. The molecule has 1 N–H and O–H groups in total. The normalized spacial score (nSPS) is 21.8. The van der Waals surface area contributed by atoms with Gasteiger partial charge in [0.15, 0.2) is 0 Å². The zero-order chi connectivity index (χ0) is 31.7. The molecule has 236 valence electrons. The minimum absolute atomic E-state index is 0.0377. The standard InChI is InChI=1S/C17H21ClN2O2.C13H25NO.C3H7NO/c1-12(21)20-10-15(13-4-6-14(18)7-5-13)16(11-20)17(22)19-8-2-3-9-19;1-12(2,3)11(15)14-10-6-8-13(4,5)9-7-10;1-4(2)3-5/h4-7,15-16H,2-3,8-11H2,1H3;10H,6-9H2,1-5H3,(H,14,15);3H,1-2H3/t15?,16-;;/m1../s1. The van der Waals surface area contributed by atoms with Crippen molar-refractivity contribution in [2.75, 3.05) is 40.3 Å². The van der Waals surface area contributed by atoms with Crippen LogP contribution in [0, 0.1) is 16.7 Å². The average Bonchev–Trinajstić information content (AvgIpc) is 3.61. The van der Waals surface area contributed by atoms with Crippen LogP contribution in [-0.4, -0.2) is 85.1 Å². The van der Waals surface area contributed by atoms with Gasteiger partial charge in [0, 0.05) is 69.6 Å². The van der Waals surface area contributed by atoms with Crippen LogP contribution in [0.2, 0.25) is 5.02 Å². The Bertz CT molecular complexity index is 1040. The Morgan fingerprint density at radius 2 is 1.50 bits per heavy atom. The summed E-state index contributed by atoms with van der Waals surface area (Å²) < 4.78 is 0. The van der Waals surface area contributed by atoms with E-state index in [9.17, 15) is 19.2 Å². The van der Waals surface area contributed by atoms with Crippen LogP contribution in [0.1, 0.15) is 91.5 Å². The second-order valence-electron chi connectivity index (χ2n) is 14.0. The molecule has 2 atom stereocenters. The van der Waals surface area contributed by atoms with E-state index >= 15 is 0 Å². The maximum absolute atomic E-state index is 12.8. The number of halogens is 1. The minimum Gasteiger partial charge on any atom is -0.353 e. The Morgan fingerprint density at radius 3 is 1.95 bits per heavy atom. The number of amides is 4. The summed E-state index contributed by atoms with van der Waals surface area (Å²) in [6.45, 7) is 14.9. The van der Waals surface area contributed by atoms with E-state index in [-0.39, 0.29) is 35.0 Å². The number of nitrogens with one attached hydrogen (secondary N) is 1. The second kappa shape index (κ2) is 15.7. The van der Waals surface area contributed by atoms with E-state index in [0.29, 0.717) is 29.6 Å². The van der Waals surface area contributed by atoms with Crippen molar-refractivity contribution in [1.29, 1.82) is 0 Å². The van der Waals surface area contributed by atoms with E-state index in [0.717, 1.165) is 50.7 Å². The number of nitrogens with zero attached hydrogens (tertiary/aromatic N) is 3. The fourth-order valence-electron chi connectivity index (χ4n) is 5.48. The predicted molar refractivity (Wildman–Crippen MR) is 169 cm³/mol. The van der Waals surface area contributed by atoms with Gasteiger partial charge in [-0.1, -0.05) is 58.4 Å². The lowest BCUT2D eigenvalue weighted by molar-refractivity contribution is -0.135. The SMILES string of the molecule is CC(=O)N1CC(c2ccc(Cl)cc2)[C@H](C(=O)N2CCCC2)C1.CC1(C)CCC(NC(=O)C(C)(C)C)CC1.CN(C)C=O. The summed E-state index contributed by atoms with van der Waals surface area (Å²) in [5, 5.41) is 3.85. The molecule has 2 aliphatic heterocycles. The molecule has 1 aromatic rings. The van der Waals surface area contributed by atoms with Crippen LogP contribution in [0.4, 0.5) is 0 Å². The number of carbonyl (C=O) groups is 4. The van der Waals surface area contributed by atoms with Crippen molar-refractivity contribution in [3.63, 3.8) is 0 Å². The molecule has 2 saturated heterocycles. The Labute approximate surface area is 258 Å². The summed E-state index contributed by atoms with van der Waals surface area (Å²) in [6.07, 6.45) is 7.63. The van der Waals surface area contributed by atoms with Crippen molar-refractivity contribution in [1.82, 2.24) is 20.0 Å². The van der Waals surface area contributed by atoms with Gasteiger partial charge in [-0.2, -0.15) is 0 Å². The number of likely N-dealkylation sites (tertiary alicyclic amines) is 2. The molecule has 0 spiro atoms. The van der Waals surface area contributed by atoms with Crippen LogP contribution in [0.3, 0.4) is 0 Å². The molecule has 4 rings (SSSR count). The molecule has 9 heteroatoms. The summed E-state index contributed by atoms with van der Waals surface area (Å²) >= 11 is 5.96. The Hall–Kier alpha value is -2.61. The van der Waals surface area contributed by atoms with Gasteiger partial charge >= 0.3 is 0 Å². The molecule has 4 amide bonds. The zero-order valence-corrected chi connectivity index (χ0v) is 27.8. The van der Waals surface area contributed by atoms with E-state index in [1.807, 2.05) is 49.9 Å². The topological polar surface area (TPSA) is 90.0 Å². The minimum atomic E-state index is -0.257. The van der Waals surface area contributed by atoms with Gasteiger partial charge in [-0.15, -0.1) is 0 Å². The monoisotopic (exact) mass is 604 g/mol. The summed E-state index contributed by atoms with van der Waals surface area (Å²) in [4.78, 5) is 51.0. The van der Waals surface area contributed by atoms with Gasteiger partial charge in [0.05, 0.1) is 5.92 Å². The van der Waals surface area contributed by atoms with E-state index in [1.165, 1.54) is 17.7 Å². The van der Waals surface area contributed by atoms with Crippen molar-refractivity contribution < 1.29 is 19.2 Å². The van der Waals surface area contributed by atoms with E-state index in [2.05, 4.69) is 19.2 Å². The van der Waals surface area contributed by atoms with Crippen molar-refractivity contribution in [2.45, 2.75) is 92.0 Å². The highest BCUT2D eigenvalue weighted by Gasteiger charge is 2.41. The lowest BCUT2D eigenvalue weighted by atomic mass is 9.75. The molecule has 3 fully saturated rings. The van der Waals surface area contributed by atoms with Crippen LogP contribution in [0.5, 0.6) is 0 Å². The van der Waals surface area contributed by atoms with Crippen molar-refractivity contribution in [2.24, 2.45) is 16.7 Å². The Morgan fingerprint density at radius 1 is 0.976 bits per heavy atom. The quantitative estimate of drug-likeness (QED) is 0.470. The fourth-order valence-corrected chi connectivity index (χ4v) is 5.60. The first-order chi connectivity index (χ1) is 19.5. The third-order valence-corrected chi connectivity index (χ3v) is 8.62. The molecule has 1 unspecified atom stereocenters. The predicted octanol–water partition coefficient (Wildman–Crippen LogP) is 5.35. The maximum atomic E-state index is 12.8. The summed E-state index contributed by atoms with van der Waals surface area (Å²) in [6, 6.07) is 8.06. The van der Waals surface area contributed by atoms with Crippen LogP contribution in [-0.2, 0) is 19.2 Å². The van der Waals surface area contributed by atoms with Crippen LogP contribution in [0.25, 0.3) is 0 Å². The first kappa shape index (κ1) is 35.6. The van der Waals surface area contributed by atoms with Crippen LogP contribution in [0.15, 0.2) is 24.3 Å². The average molecular weight is 605 g/mol. The van der Waals surface area contributed by atoms with E-state index < -0.39 is 0 Å². The van der Waals surface area contributed by atoms with Gasteiger partial charge in [-0.3, -0.25) is 19.2 Å². The number of rotatable bonds is 4. The first-order valence-electron chi connectivity index (χ1n) is 15.3. The third kappa shape index (κ3) is 11.2. The van der Waals surface area contributed by atoms with Crippen LogP contribution >= 0.6 is 11.6 Å². The molecular formula is C33H53ClN4O4. The third-order valence-electron chi connectivity index (χ3n) is 8.36. The second-order valence-corrected chi connectivity index (χ2v) is 14.4. The molecule has 8 nitrogen and oxygen atoms in total. The number of benzene rings is 1. The largest absolute Gasteiger partial charge is 0.353 e. The lowest BCUT2D eigenvalue weighted by Gasteiger charge is -2.35. The molecule has 42 heavy (non-hydrogen) atoms. The molecule has 0 radical (unpaired) electrons. The van der Waals surface area contributed by atoms with Gasteiger partial charge in [0.2, 0.25) is 24.1 Å². The van der Waals surface area contributed by atoms with Gasteiger partial charge in [0.1, 0.15) is 0 Å². The highest BCUT2D eigenvalue weighted by Crippen LogP contribution is 2.36. The molecule has 3 aliphatic rings. The van der Waals surface area contributed by atoms with Crippen molar-refractivity contribution >= 4 is 35.7 Å². The van der Waals surface area contributed by atoms with E-state index in [1.54, 1.807) is 25.9 Å². The molecule has 1 aliphatic carbocycles. The highest BCUT2D eigenvalue weighted by atomic mass is 35.5. The van der Waals surface area contributed by atoms with Crippen LogP contribution < -0.4 is 5.32 Å². The summed E-state index contributed by atoms with van der Waals surface area (Å²) in [5.74, 6) is 0.349. The molecule has 0 aromatic heterocycles. The number of hydrogen-bond acceptors (Lipinski definition) is 4. The molecule has 1 aromatic carbocycles. The number of hydrogen-bond donors (Lipinski definition) is 1. The fraction of sp³-hybridized carbons (Fsp3) is 0.697. The molecule has 1 saturated carbocycles. The first-order valence-corrected chi connectivity index (χ1v) is 15.6. The summed E-state index contributed by atoms with van der Waals surface area (Å²) in [5.41, 5.74) is 1.31. The Kier molecular flexibility index (Phi) is 13.3. The molecular weight excluding hydrogens is 552 g/mol.